The Bertz CT molecular complexity index is 433. The Morgan fingerprint density at radius 3 is 2.86 bits per heavy atom. The van der Waals surface area contributed by atoms with Crippen molar-refractivity contribution in [2.75, 3.05) is 0 Å². The maximum absolute atomic E-state index is 4.28. The first-order chi connectivity index (χ1) is 6.79. The molecule has 0 unspecified atom stereocenters. The van der Waals surface area contributed by atoms with Crippen molar-refractivity contribution >= 4 is 0 Å². The van der Waals surface area contributed by atoms with E-state index in [1.165, 1.54) is 0 Å². The number of nitrogens with zero attached hydrogens (tertiary/aromatic N) is 4. The molecule has 0 saturated carbocycles. The van der Waals surface area contributed by atoms with E-state index in [4.69, 9.17) is 0 Å². The molecule has 0 fully saturated rings. The molecule has 2 aromatic heterocycles. The van der Waals surface area contributed by atoms with Gasteiger partial charge in [0.1, 0.15) is 6.33 Å². The highest BCUT2D eigenvalue weighted by Crippen LogP contribution is 2.05. The van der Waals surface area contributed by atoms with Gasteiger partial charge in [0.05, 0.1) is 5.69 Å². The van der Waals surface area contributed by atoms with Gasteiger partial charge in [0.15, 0.2) is 5.82 Å². The van der Waals surface area contributed by atoms with Crippen molar-refractivity contribution in [2.24, 2.45) is 0 Å². The summed E-state index contributed by atoms with van der Waals surface area (Å²) in [6.07, 6.45) is 4.39. The van der Waals surface area contributed by atoms with Crippen molar-refractivity contribution in [1.82, 2.24) is 19.7 Å². The molecule has 4 nitrogen and oxygen atoms in total. The summed E-state index contributed by atoms with van der Waals surface area (Å²) in [7, 11) is 0. The Balaban J connectivity index is 2.41. The first-order valence-corrected chi connectivity index (χ1v) is 4.63. The van der Waals surface area contributed by atoms with Crippen molar-refractivity contribution < 1.29 is 0 Å². The third-order valence-corrected chi connectivity index (χ3v) is 2.03. The fraction of sp³-hybridized carbons (Fsp3) is 0.300. The van der Waals surface area contributed by atoms with Gasteiger partial charge in [-0.2, -0.15) is 5.10 Å². The van der Waals surface area contributed by atoms with Crippen molar-refractivity contribution in [2.45, 2.75) is 20.3 Å². The van der Waals surface area contributed by atoms with E-state index in [0.717, 1.165) is 23.6 Å². The zero-order valence-corrected chi connectivity index (χ0v) is 8.31. The van der Waals surface area contributed by atoms with Crippen LogP contribution in [0, 0.1) is 6.92 Å². The fourth-order valence-electron chi connectivity index (χ4n) is 1.25. The molecule has 0 saturated heterocycles. The smallest absolute Gasteiger partial charge is 0.156 e. The molecule has 0 aromatic carbocycles. The highest BCUT2D eigenvalue weighted by Gasteiger charge is 2.00. The number of rotatable bonds is 2. The van der Waals surface area contributed by atoms with E-state index < -0.39 is 0 Å². The van der Waals surface area contributed by atoms with Crippen LogP contribution in [0.15, 0.2) is 24.7 Å². The molecule has 0 aliphatic carbocycles. The third-order valence-electron chi connectivity index (χ3n) is 2.03. The Morgan fingerprint density at radius 1 is 1.36 bits per heavy atom. The first kappa shape index (κ1) is 8.87. The van der Waals surface area contributed by atoms with Crippen molar-refractivity contribution in [1.29, 1.82) is 0 Å². The second kappa shape index (κ2) is 3.57. The summed E-state index contributed by atoms with van der Waals surface area (Å²) in [6.45, 7) is 4.03. The molecule has 2 aromatic rings. The minimum atomic E-state index is 0.824. The molecule has 0 bridgehead atoms. The first-order valence-electron chi connectivity index (χ1n) is 4.63. The van der Waals surface area contributed by atoms with Crippen molar-refractivity contribution in [3.63, 3.8) is 0 Å². The SMILES string of the molecule is CCc1cc(-n2ccc(C)n2)ncn1. The predicted molar refractivity (Wildman–Crippen MR) is 53.3 cm³/mol. The van der Waals surface area contributed by atoms with Crippen LogP contribution in [0.1, 0.15) is 18.3 Å². The molecule has 4 heteroatoms. The predicted octanol–water partition coefficient (Wildman–Crippen LogP) is 1.53. The summed E-state index contributed by atoms with van der Waals surface area (Å²) >= 11 is 0. The summed E-state index contributed by atoms with van der Waals surface area (Å²) in [5, 5.41) is 4.28. The van der Waals surface area contributed by atoms with Gasteiger partial charge < -0.3 is 0 Å². The van der Waals surface area contributed by atoms with Crippen LogP contribution in [0.2, 0.25) is 0 Å². The second-order valence-corrected chi connectivity index (χ2v) is 3.12. The Kier molecular flexibility index (Phi) is 2.26. The monoisotopic (exact) mass is 188 g/mol. The van der Waals surface area contributed by atoms with Gasteiger partial charge in [-0.1, -0.05) is 6.92 Å². The Labute approximate surface area is 82.6 Å². The molecule has 0 N–H and O–H groups in total. The minimum absolute atomic E-state index is 0.824. The highest BCUT2D eigenvalue weighted by molar-refractivity contribution is 5.22. The van der Waals surface area contributed by atoms with Crippen LogP contribution in [0.25, 0.3) is 5.82 Å². The lowest BCUT2D eigenvalue weighted by molar-refractivity contribution is 0.816. The van der Waals surface area contributed by atoms with Crippen LogP contribution in [0.5, 0.6) is 0 Å². The number of hydrogen-bond donors (Lipinski definition) is 0. The summed E-state index contributed by atoms with van der Waals surface area (Å²) in [5.74, 6) is 0.824. The Hall–Kier alpha value is -1.71. The quantitative estimate of drug-likeness (QED) is 0.717. The molecule has 72 valence electrons. The number of hydrogen-bond acceptors (Lipinski definition) is 3. The average molecular weight is 188 g/mol. The summed E-state index contributed by atoms with van der Waals surface area (Å²) in [4.78, 5) is 8.30. The Morgan fingerprint density at radius 2 is 2.21 bits per heavy atom. The van der Waals surface area contributed by atoms with Crippen LogP contribution in [0.3, 0.4) is 0 Å². The lowest BCUT2D eigenvalue weighted by atomic mass is 10.3. The molecule has 0 radical (unpaired) electrons. The zero-order valence-electron chi connectivity index (χ0n) is 8.31. The number of aromatic nitrogens is 4. The van der Waals surface area contributed by atoms with Gasteiger partial charge in [-0.3, -0.25) is 0 Å². The van der Waals surface area contributed by atoms with E-state index in [9.17, 15) is 0 Å². The molecule has 0 atom stereocenters. The molecule has 14 heavy (non-hydrogen) atoms. The van der Waals surface area contributed by atoms with Gasteiger partial charge in [0.2, 0.25) is 0 Å². The van der Waals surface area contributed by atoms with Crippen molar-refractivity contribution in [3.05, 3.63) is 36.0 Å². The zero-order chi connectivity index (χ0) is 9.97. The van der Waals surface area contributed by atoms with Crippen LogP contribution < -0.4 is 0 Å². The lowest BCUT2D eigenvalue weighted by Gasteiger charge is -2.01. The molecule has 0 aliphatic heterocycles. The molecule has 0 amide bonds. The normalized spacial score (nSPS) is 10.4. The molecule has 0 spiro atoms. The highest BCUT2D eigenvalue weighted by atomic mass is 15.3. The van der Waals surface area contributed by atoms with Gasteiger partial charge in [0.25, 0.3) is 0 Å². The standard InChI is InChI=1S/C10H12N4/c1-3-9-6-10(12-7-11-9)14-5-4-8(2)13-14/h4-7H,3H2,1-2H3. The summed E-state index contributed by atoms with van der Waals surface area (Å²) < 4.78 is 1.76. The molecular weight excluding hydrogens is 176 g/mol. The van der Waals surface area contributed by atoms with Crippen molar-refractivity contribution in [3.8, 4) is 5.82 Å². The van der Waals surface area contributed by atoms with Gasteiger partial charge >= 0.3 is 0 Å². The van der Waals surface area contributed by atoms with E-state index >= 15 is 0 Å². The van der Waals surface area contributed by atoms with E-state index in [-0.39, 0.29) is 0 Å². The van der Waals surface area contributed by atoms with Crippen LogP contribution >= 0.6 is 0 Å². The summed E-state index contributed by atoms with van der Waals surface area (Å²) in [6, 6.07) is 3.90. The van der Waals surface area contributed by atoms with E-state index in [1.54, 1.807) is 11.0 Å². The lowest BCUT2D eigenvalue weighted by Crippen LogP contribution is -2.00. The van der Waals surface area contributed by atoms with E-state index in [1.807, 2.05) is 25.3 Å². The molecular formula is C10H12N4. The van der Waals surface area contributed by atoms with Gasteiger partial charge in [-0.15, -0.1) is 0 Å². The van der Waals surface area contributed by atoms with E-state index in [0.29, 0.717) is 0 Å². The van der Waals surface area contributed by atoms with Gasteiger partial charge in [0, 0.05) is 18.0 Å². The molecule has 0 aliphatic rings. The van der Waals surface area contributed by atoms with Gasteiger partial charge in [-0.25, -0.2) is 14.6 Å². The maximum Gasteiger partial charge on any atom is 0.156 e. The minimum Gasteiger partial charge on any atom is -0.241 e. The largest absolute Gasteiger partial charge is 0.241 e. The second-order valence-electron chi connectivity index (χ2n) is 3.12. The van der Waals surface area contributed by atoms with Crippen LogP contribution in [0.4, 0.5) is 0 Å². The van der Waals surface area contributed by atoms with Gasteiger partial charge in [-0.05, 0) is 19.4 Å². The van der Waals surface area contributed by atoms with E-state index in [2.05, 4.69) is 22.0 Å². The molecule has 2 rings (SSSR count). The average Bonchev–Trinajstić information content (AvgIpc) is 2.65. The third kappa shape index (κ3) is 1.64. The van der Waals surface area contributed by atoms with Crippen LogP contribution in [-0.2, 0) is 6.42 Å². The molecule has 2 heterocycles. The number of aryl methyl sites for hydroxylation is 2. The summed E-state index contributed by atoms with van der Waals surface area (Å²) in [5.41, 5.74) is 2.02. The van der Waals surface area contributed by atoms with Crippen LogP contribution in [-0.4, -0.2) is 19.7 Å². The topological polar surface area (TPSA) is 43.6 Å². The fourth-order valence-corrected chi connectivity index (χ4v) is 1.25. The maximum atomic E-state index is 4.28.